The van der Waals surface area contributed by atoms with Crippen LogP contribution >= 0.6 is 11.8 Å². The van der Waals surface area contributed by atoms with Gasteiger partial charge in [-0.15, -0.1) is 0 Å². The molecule has 2 aromatic heterocycles. The maximum Gasteiger partial charge on any atom is 0.251 e. The third-order valence-corrected chi connectivity index (χ3v) is 5.00. The molecule has 7 nitrogen and oxygen atoms in total. The molecule has 0 spiro atoms. The zero-order valence-electron chi connectivity index (χ0n) is 15.3. The summed E-state index contributed by atoms with van der Waals surface area (Å²) in [6, 6.07) is 1.42. The number of aryl methyl sites for hydroxylation is 2. The minimum absolute atomic E-state index is 0.0913. The van der Waals surface area contributed by atoms with E-state index in [1.54, 1.807) is 13.8 Å². The zero-order chi connectivity index (χ0) is 18.6. The number of amides is 1. The lowest BCUT2D eigenvalue weighted by Crippen LogP contribution is -2.33. The topological polar surface area (TPSA) is 92.7 Å². The van der Waals surface area contributed by atoms with E-state index in [1.807, 2.05) is 11.6 Å². The quantitative estimate of drug-likeness (QED) is 0.577. The normalized spacial score (nSPS) is 12.2. The largest absolute Gasteiger partial charge is 0.353 e. The molecule has 1 atom stereocenters. The van der Waals surface area contributed by atoms with Crippen molar-refractivity contribution >= 4 is 17.7 Å². The van der Waals surface area contributed by atoms with Gasteiger partial charge in [0.15, 0.2) is 5.16 Å². The Kier molecular flexibility index (Phi) is 6.41. The van der Waals surface area contributed by atoms with E-state index in [0.717, 1.165) is 17.8 Å². The van der Waals surface area contributed by atoms with Gasteiger partial charge >= 0.3 is 0 Å². The molecule has 0 saturated heterocycles. The van der Waals surface area contributed by atoms with Crippen LogP contribution in [0.3, 0.4) is 0 Å². The van der Waals surface area contributed by atoms with Gasteiger partial charge in [-0.2, -0.15) is 5.10 Å². The Morgan fingerprint density at radius 1 is 1.40 bits per heavy atom. The highest BCUT2D eigenvalue weighted by Gasteiger charge is 2.16. The molecule has 136 valence electrons. The van der Waals surface area contributed by atoms with Crippen LogP contribution in [0.4, 0.5) is 0 Å². The van der Waals surface area contributed by atoms with Crippen LogP contribution in [0.2, 0.25) is 0 Å². The van der Waals surface area contributed by atoms with E-state index in [1.165, 1.54) is 23.4 Å². The molecule has 0 radical (unpaired) electrons. The van der Waals surface area contributed by atoms with Crippen molar-refractivity contribution in [3.05, 3.63) is 39.1 Å². The molecular formula is C17H25N5O2S. The van der Waals surface area contributed by atoms with Crippen LogP contribution in [0, 0.1) is 20.8 Å². The van der Waals surface area contributed by atoms with Crippen molar-refractivity contribution in [1.82, 2.24) is 25.1 Å². The number of H-pyrrole nitrogens is 1. The summed E-state index contributed by atoms with van der Waals surface area (Å²) in [6.45, 7) is 10.9. The van der Waals surface area contributed by atoms with Crippen LogP contribution in [0.25, 0.3) is 0 Å². The first-order valence-corrected chi connectivity index (χ1v) is 9.25. The molecule has 1 amide bonds. The summed E-state index contributed by atoms with van der Waals surface area (Å²) < 4.78 is 1.94. The van der Waals surface area contributed by atoms with Gasteiger partial charge < -0.3 is 10.3 Å². The molecular weight excluding hydrogens is 338 g/mol. The predicted octanol–water partition coefficient (Wildman–Crippen LogP) is 1.75. The molecule has 0 aliphatic rings. The summed E-state index contributed by atoms with van der Waals surface area (Å²) >= 11 is 1.24. The van der Waals surface area contributed by atoms with Crippen molar-refractivity contribution in [1.29, 1.82) is 0 Å². The number of nitrogens with zero attached hydrogens (tertiary/aromatic N) is 3. The van der Waals surface area contributed by atoms with Crippen molar-refractivity contribution in [2.24, 2.45) is 0 Å². The van der Waals surface area contributed by atoms with Crippen LogP contribution in [-0.2, 0) is 17.8 Å². The van der Waals surface area contributed by atoms with Gasteiger partial charge in [0.1, 0.15) is 0 Å². The van der Waals surface area contributed by atoms with E-state index in [2.05, 4.69) is 34.2 Å². The number of carbonyl (C=O) groups excluding carboxylic acids is 1. The second-order valence-electron chi connectivity index (χ2n) is 5.97. The molecule has 2 aromatic rings. The number of nitrogens with one attached hydrogen (secondary N) is 2. The third kappa shape index (κ3) is 4.94. The highest BCUT2D eigenvalue weighted by atomic mass is 32.2. The van der Waals surface area contributed by atoms with Crippen LogP contribution in [0.15, 0.2) is 16.0 Å². The van der Waals surface area contributed by atoms with Crippen molar-refractivity contribution in [3.63, 3.8) is 0 Å². The number of thioether (sulfide) groups is 1. The average molecular weight is 363 g/mol. The number of aromatic nitrogens is 4. The number of aromatic amines is 1. The van der Waals surface area contributed by atoms with E-state index < -0.39 is 0 Å². The Morgan fingerprint density at radius 2 is 2.12 bits per heavy atom. The smallest absolute Gasteiger partial charge is 0.251 e. The first-order valence-electron chi connectivity index (χ1n) is 8.37. The summed E-state index contributed by atoms with van der Waals surface area (Å²) in [5.41, 5.74) is 3.89. The van der Waals surface area contributed by atoms with Crippen LogP contribution in [-0.4, -0.2) is 37.5 Å². The summed E-state index contributed by atoms with van der Waals surface area (Å²) in [7, 11) is 0. The minimum Gasteiger partial charge on any atom is -0.353 e. The van der Waals surface area contributed by atoms with Gasteiger partial charge in [0.25, 0.3) is 5.56 Å². The molecule has 0 aromatic carbocycles. The van der Waals surface area contributed by atoms with E-state index in [9.17, 15) is 9.59 Å². The highest BCUT2D eigenvalue weighted by molar-refractivity contribution is 8.00. The maximum absolute atomic E-state index is 12.2. The number of hydrogen-bond donors (Lipinski definition) is 2. The summed E-state index contributed by atoms with van der Waals surface area (Å²) in [5.74, 6) is -0.0913. The lowest BCUT2D eigenvalue weighted by molar-refractivity contribution is -0.120. The molecule has 0 bridgehead atoms. The van der Waals surface area contributed by atoms with E-state index in [0.29, 0.717) is 23.9 Å². The van der Waals surface area contributed by atoms with Crippen molar-refractivity contribution in [2.45, 2.75) is 58.0 Å². The lowest BCUT2D eigenvalue weighted by atomic mass is 10.1. The fourth-order valence-electron chi connectivity index (χ4n) is 2.72. The van der Waals surface area contributed by atoms with Gasteiger partial charge in [0.2, 0.25) is 5.91 Å². The fraction of sp³-hybridized carbons (Fsp3) is 0.529. The first kappa shape index (κ1) is 19.2. The lowest BCUT2D eigenvalue weighted by Gasteiger charge is -2.12. The number of hydrogen-bond acceptors (Lipinski definition) is 5. The average Bonchev–Trinajstić information content (AvgIpc) is 2.79. The number of carbonyl (C=O) groups is 1. The zero-order valence-corrected chi connectivity index (χ0v) is 16.2. The Hall–Kier alpha value is -2.09. The summed E-state index contributed by atoms with van der Waals surface area (Å²) in [5, 5.41) is 7.54. The molecule has 0 fully saturated rings. The standard InChI is InChI=1S/C17H25N5O2S/c1-6-14-11(3)21-22(12(14)4)8-7-18-16(24)13(5)25-17-19-10(2)9-15(23)20-17/h9,13H,6-8H2,1-5H3,(H,18,24)(H,19,20,23)/t13-/m1/s1. The Morgan fingerprint density at radius 3 is 2.72 bits per heavy atom. The second kappa shape index (κ2) is 8.33. The van der Waals surface area contributed by atoms with Crippen molar-refractivity contribution in [2.75, 3.05) is 6.54 Å². The molecule has 2 rings (SSSR count). The molecule has 0 aliphatic carbocycles. The maximum atomic E-state index is 12.2. The molecule has 0 aliphatic heterocycles. The van der Waals surface area contributed by atoms with Gasteiger partial charge in [-0.3, -0.25) is 14.3 Å². The molecule has 2 heterocycles. The molecule has 25 heavy (non-hydrogen) atoms. The molecule has 0 saturated carbocycles. The van der Waals surface area contributed by atoms with Gasteiger partial charge in [0.05, 0.1) is 17.5 Å². The third-order valence-electron chi connectivity index (χ3n) is 4.01. The van der Waals surface area contributed by atoms with Gasteiger partial charge in [-0.25, -0.2) is 4.98 Å². The highest BCUT2D eigenvalue weighted by Crippen LogP contribution is 2.18. The Bertz CT molecular complexity index is 812. The molecule has 2 N–H and O–H groups in total. The first-order chi connectivity index (χ1) is 11.8. The van der Waals surface area contributed by atoms with Gasteiger partial charge in [-0.05, 0) is 39.7 Å². The predicted molar refractivity (Wildman–Crippen MR) is 99.0 cm³/mol. The van der Waals surface area contributed by atoms with Gasteiger partial charge in [-0.1, -0.05) is 18.7 Å². The number of rotatable bonds is 7. The second-order valence-corrected chi connectivity index (χ2v) is 7.30. The SMILES string of the molecule is CCc1c(C)nn(CCNC(=O)[C@@H](C)Sc2nc(C)cc(=O)[nH]2)c1C. The van der Waals surface area contributed by atoms with Crippen LogP contribution in [0.1, 0.15) is 36.5 Å². The van der Waals surface area contributed by atoms with Crippen molar-refractivity contribution < 1.29 is 4.79 Å². The summed E-state index contributed by atoms with van der Waals surface area (Å²) in [6.07, 6.45) is 0.958. The van der Waals surface area contributed by atoms with Crippen LogP contribution < -0.4 is 10.9 Å². The summed E-state index contributed by atoms with van der Waals surface area (Å²) in [4.78, 5) is 30.6. The fourth-order valence-corrected chi connectivity index (χ4v) is 3.60. The van der Waals surface area contributed by atoms with Crippen molar-refractivity contribution in [3.8, 4) is 0 Å². The Labute approximate surface area is 151 Å². The van der Waals surface area contributed by atoms with Crippen LogP contribution in [0.5, 0.6) is 0 Å². The van der Waals surface area contributed by atoms with E-state index in [4.69, 9.17) is 0 Å². The van der Waals surface area contributed by atoms with Gasteiger partial charge in [0, 0.05) is 24.0 Å². The monoisotopic (exact) mass is 363 g/mol. The Balaban J connectivity index is 1.88. The molecule has 0 unspecified atom stereocenters. The molecule has 8 heteroatoms. The van der Waals surface area contributed by atoms with E-state index in [-0.39, 0.29) is 16.7 Å². The minimum atomic E-state index is -0.350. The van der Waals surface area contributed by atoms with E-state index >= 15 is 0 Å².